The number of aromatic nitrogens is 1. The van der Waals surface area contributed by atoms with Gasteiger partial charge in [-0.3, -0.25) is 4.79 Å². The smallest absolute Gasteiger partial charge is 0.407 e. The first-order valence-electron chi connectivity index (χ1n) is 7.46. The Morgan fingerprint density at radius 1 is 1.46 bits per heavy atom. The van der Waals surface area contributed by atoms with Crippen LogP contribution in [0.1, 0.15) is 17.7 Å². The number of hydrogen-bond acceptors (Lipinski definition) is 5. The quantitative estimate of drug-likeness (QED) is 0.752. The van der Waals surface area contributed by atoms with Crippen LogP contribution in [0.4, 0.5) is 15.3 Å². The van der Waals surface area contributed by atoms with E-state index in [-0.39, 0.29) is 18.3 Å². The van der Waals surface area contributed by atoms with E-state index in [4.69, 9.17) is 5.26 Å². The molecule has 1 aromatic rings. The molecule has 3 aliphatic rings. The van der Waals surface area contributed by atoms with Crippen LogP contribution in [-0.4, -0.2) is 62.6 Å². The van der Waals surface area contributed by atoms with Crippen molar-refractivity contribution < 1.29 is 19.5 Å². The first kappa shape index (κ1) is 14.4. The first-order chi connectivity index (χ1) is 11.4. The maximum atomic E-state index is 12.8. The van der Waals surface area contributed by atoms with Gasteiger partial charge in [-0.25, -0.2) is 19.5 Å². The Hall–Kier alpha value is -3.15. The van der Waals surface area contributed by atoms with Gasteiger partial charge in [0.1, 0.15) is 17.8 Å². The van der Waals surface area contributed by atoms with Crippen LogP contribution in [0.2, 0.25) is 0 Å². The molecule has 1 aromatic heterocycles. The number of carboxylic acid groups (broad SMARTS) is 1. The average molecular weight is 327 g/mol. The van der Waals surface area contributed by atoms with Gasteiger partial charge in [-0.15, -0.1) is 0 Å². The van der Waals surface area contributed by atoms with Crippen LogP contribution in [0.25, 0.3) is 0 Å². The molecular formula is C15H13N5O4. The summed E-state index contributed by atoms with van der Waals surface area (Å²) < 4.78 is 0. The number of fused-ring (bicyclic) bond motifs is 5. The molecule has 4 amide bonds. The Kier molecular flexibility index (Phi) is 2.81. The fourth-order valence-electron chi connectivity index (χ4n) is 3.91. The Morgan fingerprint density at radius 2 is 2.21 bits per heavy atom. The molecule has 2 bridgehead atoms. The number of imide groups is 1. The number of anilines is 1. The number of urea groups is 1. The minimum absolute atomic E-state index is 0.230. The predicted molar refractivity (Wildman–Crippen MR) is 79.1 cm³/mol. The summed E-state index contributed by atoms with van der Waals surface area (Å²) in [6, 6.07) is 1.51. The van der Waals surface area contributed by atoms with E-state index in [0.717, 1.165) is 4.90 Å². The number of pyridine rings is 1. The van der Waals surface area contributed by atoms with Crippen LogP contribution < -0.4 is 4.90 Å². The molecular weight excluding hydrogens is 314 g/mol. The zero-order valence-electron chi connectivity index (χ0n) is 12.7. The molecule has 0 saturated carbocycles. The zero-order chi connectivity index (χ0) is 17.2. The summed E-state index contributed by atoms with van der Waals surface area (Å²) in [5.41, 5.74) is 1.10. The number of hydrogen-bond donors (Lipinski definition) is 1. The average Bonchev–Trinajstić information content (AvgIpc) is 3.19. The van der Waals surface area contributed by atoms with E-state index in [0.29, 0.717) is 17.7 Å². The van der Waals surface area contributed by atoms with Gasteiger partial charge < -0.3 is 14.9 Å². The van der Waals surface area contributed by atoms with E-state index in [1.807, 2.05) is 6.07 Å². The first-order valence-corrected chi connectivity index (χ1v) is 7.46. The Bertz CT molecular complexity index is 832. The van der Waals surface area contributed by atoms with Crippen molar-refractivity contribution in [2.24, 2.45) is 0 Å². The fourth-order valence-corrected chi connectivity index (χ4v) is 3.91. The van der Waals surface area contributed by atoms with Gasteiger partial charge in [0, 0.05) is 6.54 Å². The highest BCUT2D eigenvalue weighted by atomic mass is 16.4. The third-order valence-corrected chi connectivity index (χ3v) is 4.94. The molecule has 9 heteroatoms. The predicted octanol–water partition coefficient (Wildman–Crippen LogP) is 0.533. The number of nitrogens with zero attached hydrogens (tertiary/aromatic N) is 5. The molecule has 3 atom stereocenters. The van der Waals surface area contributed by atoms with Gasteiger partial charge in [-0.2, -0.15) is 5.26 Å². The van der Waals surface area contributed by atoms with Crippen LogP contribution in [0.15, 0.2) is 12.3 Å². The van der Waals surface area contributed by atoms with Crippen molar-refractivity contribution in [2.45, 2.75) is 31.5 Å². The number of rotatable bonds is 1. The summed E-state index contributed by atoms with van der Waals surface area (Å²) >= 11 is 0. The molecule has 24 heavy (non-hydrogen) atoms. The number of likely N-dealkylation sites (tertiary alicyclic amines) is 1. The second kappa shape index (κ2) is 4.67. The maximum absolute atomic E-state index is 12.8. The van der Waals surface area contributed by atoms with Gasteiger partial charge in [-0.05, 0) is 25.0 Å². The number of amides is 4. The molecule has 3 saturated heterocycles. The summed E-state index contributed by atoms with van der Waals surface area (Å²) in [4.78, 5) is 44.5. The lowest BCUT2D eigenvalue weighted by Crippen LogP contribution is -2.54. The van der Waals surface area contributed by atoms with E-state index in [2.05, 4.69) is 4.98 Å². The second-order valence-corrected chi connectivity index (χ2v) is 6.17. The van der Waals surface area contributed by atoms with Crippen LogP contribution >= 0.6 is 0 Å². The molecule has 4 heterocycles. The minimum Gasteiger partial charge on any atom is -0.465 e. The third-order valence-electron chi connectivity index (χ3n) is 4.94. The number of piperazine rings is 1. The monoisotopic (exact) mass is 327 g/mol. The maximum Gasteiger partial charge on any atom is 0.407 e. The summed E-state index contributed by atoms with van der Waals surface area (Å²) in [6.07, 6.45) is 0.740. The van der Waals surface area contributed by atoms with Crippen LogP contribution in [0.3, 0.4) is 0 Å². The van der Waals surface area contributed by atoms with Crippen LogP contribution in [0, 0.1) is 18.3 Å². The van der Waals surface area contributed by atoms with E-state index in [1.54, 1.807) is 13.0 Å². The number of aryl methyl sites for hydroxylation is 1. The largest absolute Gasteiger partial charge is 0.465 e. The van der Waals surface area contributed by atoms with Gasteiger partial charge in [0.2, 0.25) is 0 Å². The lowest BCUT2D eigenvalue weighted by molar-refractivity contribution is -0.121. The van der Waals surface area contributed by atoms with Gasteiger partial charge >= 0.3 is 12.1 Å². The van der Waals surface area contributed by atoms with Gasteiger partial charge in [0.15, 0.2) is 0 Å². The highest BCUT2D eigenvalue weighted by molar-refractivity contribution is 6.22. The molecule has 4 rings (SSSR count). The Morgan fingerprint density at radius 3 is 2.83 bits per heavy atom. The Balaban J connectivity index is 1.70. The molecule has 0 aromatic carbocycles. The van der Waals surface area contributed by atoms with E-state index >= 15 is 0 Å². The molecule has 9 nitrogen and oxygen atoms in total. The normalized spacial score (nSPS) is 27.7. The van der Waals surface area contributed by atoms with Crippen molar-refractivity contribution in [2.75, 3.05) is 11.4 Å². The topological polar surface area (TPSA) is 118 Å². The molecule has 3 unspecified atom stereocenters. The standard InChI is InChI=1S/C15H13N5O4/c1-7-2-8(5-17-10(7)4-16)20-13(21)12-11-3-9(19(12)14(20)22)6-18(11)15(23)24/h2,5,9,11-12H,3,6H2,1H3,(H,23,24). The third kappa shape index (κ3) is 1.68. The molecule has 3 fully saturated rings. The number of nitriles is 1. The molecule has 3 aliphatic heterocycles. The number of carbonyl (C=O) groups excluding carboxylic acids is 2. The molecule has 122 valence electrons. The summed E-state index contributed by atoms with van der Waals surface area (Å²) in [6.45, 7) is 1.91. The molecule has 0 spiro atoms. The van der Waals surface area contributed by atoms with E-state index < -0.39 is 30.1 Å². The zero-order valence-corrected chi connectivity index (χ0v) is 12.7. The molecule has 0 radical (unpaired) electrons. The fraction of sp³-hybridized carbons (Fsp3) is 0.400. The molecule has 1 N–H and O–H groups in total. The second-order valence-electron chi connectivity index (χ2n) is 6.17. The van der Waals surface area contributed by atoms with Crippen molar-refractivity contribution in [1.82, 2.24) is 14.8 Å². The van der Waals surface area contributed by atoms with E-state index in [9.17, 15) is 19.5 Å². The van der Waals surface area contributed by atoms with Crippen molar-refractivity contribution in [3.05, 3.63) is 23.5 Å². The van der Waals surface area contributed by atoms with Crippen LogP contribution in [0.5, 0.6) is 0 Å². The van der Waals surface area contributed by atoms with Gasteiger partial charge in [0.25, 0.3) is 5.91 Å². The SMILES string of the molecule is Cc1cc(N2C(=O)C3C4CC(CN4C(=O)O)N3C2=O)cnc1C#N. The van der Waals surface area contributed by atoms with Crippen molar-refractivity contribution >= 4 is 23.7 Å². The van der Waals surface area contributed by atoms with Gasteiger partial charge in [-0.1, -0.05) is 0 Å². The summed E-state index contributed by atoms with van der Waals surface area (Å²) in [5, 5.41) is 18.2. The number of carbonyl (C=O) groups is 3. The van der Waals surface area contributed by atoms with Crippen molar-refractivity contribution in [3.8, 4) is 6.07 Å². The lowest BCUT2D eigenvalue weighted by atomic mass is 10.1. The van der Waals surface area contributed by atoms with Crippen molar-refractivity contribution in [1.29, 1.82) is 5.26 Å². The van der Waals surface area contributed by atoms with Crippen LogP contribution in [-0.2, 0) is 4.79 Å². The highest BCUT2D eigenvalue weighted by Gasteiger charge is 2.63. The minimum atomic E-state index is -1.07. The Labute approximate surface area is 136 Å². The van der Waals surface area contributed by atoms with Crippen molar-refractivity contribution in [3.63, 3.8) is 0 Å². The molecule has 0 aliphatic carbocycles. The lowest BCUT2D eigenvalue weighted by Gasteiger charge is -2.32. The summed E-state index contributed by atoms with van der Waals surface area (Å²) in [5.74, 6) is -0.440. The van der Waals surface area contributed by atoms with E-state index in [1.165, 1.54) is 16.0 Å². The van der Waals surface area contributed by atoms with Gasteiger partial charge in [0.05, 0.1) is 24.0 Å². The highest BCUT2D eigenvalue weighted by Crippen LogP contribution is 2.42. The summed E-state index contributed by atoms with van der Waals surface area (Å²) in [7, 11) is 0.